The van der Waals surface area contributed by atoms with Crippen molar-refractivity contribution in [2.45, 2.75) is 50.7 Å². The van der Waals surface area contributed by atoms with Crippen molar-refractivity contribution >= 4 is 5.91 Å². The van der Waals surface area contributed by atoms with Crippen molar-refractivity contribution in [1.29, 1.82) is 0 Å². The van der Waals surface area contributed by atoms with E-state index >= 15 is 0 Å². The van der Waals surface area contributed by atoms with E-state index in [1.165, 1.54) is 25.5 Å². The fraction of sp³-hybridized carbons (Fsp3) is 0.667. The van der Waals surface area contributed by atoms with Gasteiger partial charge in [-0.15, -0.1) is 0 Å². The third kappa shape index (κ3) is 4.35. The number of nitrogens with one attached hydrogen (secondary N) is 1. The lowest BCUT2D eigenvalue weighted by Crippen LogP contribution is -2.40. The van der Waals surface area contributed by atoms with Gasteiger partial charge >= 0.3 is 0 Å². The van der Waals surface area contributed by atoms with Crippen LogP contribution >= 0.6 is 0 Å². The van der Waals surface area contributed by atoms with E-state index in [0.717, 1.165) is 12.8 Å². The molecule has 1 unspecified atom stereocenters. The Morgan fingerprint density at radius 2 is 2.25 bits per heavy atom. The van der Waals surface area contributed by atoms with E-state index in [2.05, 4.69) is 5.32 Å². The fourth-order valence-corrected chi connectivity index (χ4v) is 2.42. The first kappa shape index (κ1) is 15.1. The van der Waals surface area contributed by atoms with Crippen LogP contribution in [0.2, 0.25) is 0 Å². The minimum Gasteiger partial charge on any atom is -0.466 e. The van der Waals surface area contributed by atoms with Crippen molar-refractivity contribution in [2.24, 2.45) is 0 Å². The molecule has 1 saturated carbocycles. The molecule has 112 valence electrons. The van der Waals surface area contributed by atoms with Gasteiger partial charge in [-0.05, 0) is 31.9 Å². The standard InChI is InChI=1S/C15H23NO4/c1-15(18,13-8-5-9-19-13)11-16-14(17)10-20-12-6-3-2-4-7-12/h5,8-9,12,18H,2-4,6-7,10-11H2,1H3,(H,16,17). The molecule has 1 atom stereocenters. The Morgan fingerprint density at radius 1 is 1.50 bits per heavy atom. The van der Waals surface area contributed by atoms with Gasteiger partial charge in [0, 0.05) is 0 Å². The second kappa shape index (κ2) is 6.90. The first-order valence-electron chi connectivity index (χ1n) is 7.22. The molecule has 1 fully saturated rings. The van der Waals surface area contributed by atoms with E-state index in [-0.39, 0.29) is 25.2 Å². The Labute approximate surface area is 119 Å². The molecule has 1 amide bonds. The Hall–Kier alpha value is -1.33. The quantitative estimate of drug-likeness (QED) is 0.836. The van der Waals surface area contributed by atoms with Crippen LogP contribution in [0.15, 0.2) is 22.8 Å². The summed E-state index contributed by atoms with van der Waals surface area (Å²) < 4.78 is 10.7. The van der Waals surface area contributed by atoms with Crippen molar-refractivity contribution in [3.8, 4) is 0 Å². The van der Waals surface area contributed by atoms with Crippen molar-refractivity contribution < 1.29 is 19.1 Å². The summed E-state index contributed by atoms with van der Waals surface area (Å²) in [5.41, 5.74) is -1.20. The average molecular weight is 281 g/mol. The van der Waals surface area contributed by atoms with E-state index in [9.17, 15) is 9.90 Å². The molecule has 0 bridgehead atoms. The molecule has 1 aromatic rings. The highest BCUT2D eigenvalue weighted by Gasteiger charge is 2.27. The molecule has 0 radical (unpaired) electrons. The zero-order valence-corrected chi connectivity index (χ0v) is 11.9. The Balaban J connectivity index is 1.69. The zero-order valence-electron chi connectivity index (χ0n) is 11.9. The highest BCUT2D eigenvalue weighted by molar-refractivity contribution is 5.77. The predicted molar refractivity (Wildman–Crippen MR) is 74.1 cm³/mol. The highest BCUT2D eigenvalue weighted by Crippen LogP contribution is 2.21. The maximum Gasteiger partial charge on any atom is 0.246 e. The Bertz CT molecular complexity index is 408. The molecule has 20 heavy (non-hydrogen) atoms. The van der Waals surface area contributed by atoms with Crippen LogP contribution in [0, 0.1) is 0 Å². The topological polar surface area (TPSA) is 71.7 Å². The first-order chi connectivity index (χ1) is 9.58. The molecule has 5 nitrogen and oxygen atoms in total. The predicted octanol–water partition coefficient (Wildman–Crippen LogP) is 1.95. The van der Waals surface area contributed by atoms with Gasteiger partial charge in [0.15, 0.2) is 0 Å². The third-order valence-electron chi connectivity index (χ3n) is 3.68. The normalized spacial score (nSPS) is 19.5. The van der Waals surface area contributed by atoms with Crippen LogP contribution in [-0.2, 0) is 15.1 Å². The molecule has 5 heteroatoms. The number of hydrogen-bond acceptors (Lipinski definition) is 4. The molecule has 1 heterocycles. The second-order valence-electron chi connectivity index (χ2n) is 5.60. The fourth-order valence-electron chi connectivity index (χ4n) is 2.42. The monoisotopic (exact) mass is 281 g/mol. The van der Waals surface area contributed by atoms with Gasteiger partial charge < -0.3 is 19.6 Å². The number of aliphatic hydroxyl groups is 1. The summed E-state index contributed by atoms with van der Waals surface area (Å²) in [5, 5.41) is 12.9. The number of hydrogen-bond donors (Lipinski definition) is 2. The molecule has 0 spiro atoms. The summed E-state index contributed by atoms with van der Waals surface area (Å²) in [6.45, 7) is 1.76. The van der Waals surface area contributed by atoms with Crippen LogP contribution in [0.5, 0.6) is 0 Å². The lowest BCUT2D eigenvalue weighted by atomic mass is 9.98. The highest BCUT2D eigenvalue weighted by atomic mass is 16.5. The van der Waals surface area contributed by atoms with Crippen LogP contribution in [0.25, 0.3) is 0 Å². The summed E-state index contributed by atoms with van der Waals surface area (Å²) in [4.78, 5) is 11.7. The molecule has 0 aliphatic heterocycles. The van der Waals surface area contributed by atoms with Gasteiger partial charge in [-0.1, -0.05) is 19.3 Å². The van der Waals surface area contributed by atoms with Gasteiger partial charge in [0.2, 0.25) is 5.91 Å². The van der Waals surface area contributed by atoms with Crippen LogP contribution < -0.4 is 5.32 Å². The molecular formula is C15H23NO4. The number of ether oxygens (including phenoxy) is 1. The van der Waals surface area contributed by atoms with Crippen molar-refractivity contribution in [2.75, 3.05) is 13.2 Å². The molecule has 2 rings (SSSR count). The maximum absolute atomic E-state index is 11.7. The molecule has 0 aromatic carbocycles. The van der Waals surface area contributed by atoms with Crippen LogP contribution in [0.1, 0.15) is 44.8 Å². The summed E-state index contributed by atoms with van der Waals surface area (Å²) >= 11 is 0. The van der Waals surface area contributed by atoms with Gasteiger partial charge in [0.25, 0.3) is 0 Å². The molecule has 0 saturated heterocycles. The van der Waals surface area contributed by atoms with Gasteiger partial charge in [-0.25, -0.2) is 0 Å². The van der Waals surface area contributed by atoms with Crippen LogP contribution in [0.4, 0.5) is 0 Å². The number of furan rings is 1. The SMILES string of the molecule is CC(O)(CNC(=O)COC1CCCCC1)c1ccco1. The minimum absolute atomic E-state index is 0.0545. The van der Waals surface area contributed by atoms with E-state index in [4.69, 9.17) is 9.15 Å². The molecule has 1 aliphatic rings. The number of rotatable bonds is 6. The van der Waals surface area contributed by atoms with Gasteiger partial charge in [0.1, 0.15) is 18.0 Å². The van der Waals surface area contributed by atoms with E-state index in [1.54, 1.807) is 19.1 Å². The summed E-state index contributed by atoms with van der Waals surface area (Å²) in [5.74, 6) is 0.230. The van der Waals surface area contributed by atoms with Gasteiger partial charge in [-0.3, -0.25) is 4.79 Å². The third-order valence-corrected chi connectivity index (χ3v) is 3.68. The summed E-state index contributed by atoms with van der Waals surface area (Å²) in [7, 11) is 0. The van der Waals surface area contributed by atoms with Gasteiger partial charge in [0.05, 0.1) is 18.9 Å². The lowest BCUT2D eigenvalue weighted by Gasteiger charge is -2.23. The van der Waals surface area contributed by atoms with E-state index < -0.39 is 5.60 Å². The number of carbonyl (C=O) groups is 1. The first-order valence-corrected chi connectivity index (χ1v) is 7.22. The molecule has 1 aromatic heterocycles. The molecule has 2 N–H and O–H groups in total. The summed E-state index contributed by atoms with van der Waals surface area (Å²) in [6.07, 6.45) is 7.41. The Kier molecular flexibility index (Phi) is 5.20. The van der Waals surface area contributed by atoms with Crippen molar-refractivity contribution in [3.63, 3.8) is 0 Å². The maximum atomic E-state index is 11.7. The van der Waals surface area contributed by atoms with Crippen LogP contribution in [-0.4, -0.2) is 30.3 Å². The number of carbonyl (C=O) groups excluding carboxylic acids is 1. The minimum atomic E-state index is -1.20. The largest absolute Gasteiger partial charge is 0.466 e. The zero-order chi connectivity index (χ0) is 14.4. The second-order valence-corrected chi connectivity index (χ2v) is 5.60. The number of amides is 1. The lowest BCUT2D eigenvalue weighted by molar-refractivity contribution is -0.129. The van der Waals surface area contributed by atoms with Crippen LogP contribution in [0.3, 0.4) is 0 Å². The average Bonchev–Trinajstić information content (AvgIpc) is 2.99. The van der Waals surface area contributed by atoms with E-state index in [0.29, 0.717) is 5.76 Å². The van der Waals surface area contributed by atoms with Crippen molar-refractivity contribution in [1.82, 2.24) is 5.32 Å². The summed E-state index contributed by atoms with van der Waals surface area (Å²) in [6, 6.07) is 3.39. The smallest absolute Gasteiger partial charge is 0.246 e. The molecule has 1 aliphatic carbocycles. The van der Waals surface area contributed by atoms with Gasteiger partial charge in [-0.2, -0.15) is 0 Å². The Morgan fingerprint density at radius 3 is 2.90 bits per heavy atom. The van der Waals surface area contributed by atoms with E-state index in [1.807, 2.05) is 0 Å². The van der Waals surface area contributed by atoms with Crippen molar-refractivity contribution in [3.05, 3.63) is 24.2 Å². The molecular weight excluding hydrogens is 258 g/mol.